The van der Waals surface area contributed by atoms with Gasteiger partial charge in [0.05, 0.1) is 12.4 Å². The molecule has 182 valence electrons. The number of anilines is 1. The molecule has 4 N–H and O–H groups in total. The largest absolute Gasteiger partial charge is 0.487 e. The van der Waals surface area contributed by atoms with Gasteiger partial charge < -0.3 is 15.6 Å². The Morgan fingerprint density at radius 3 is 2.65 bits per heavy atom. The first-order valence-electron chi connectivity index (χ1n) is 11.8. The summed E-state index contributed by atoms with van der Waals surface area (Å²) in [5.74, 6) is 0.244. The van der Waals surface area contributed by atoms with E-state index in [1.54, 1.807) is 18.2 Å². The standard InChI is InChI=1S/C25H31N3O5S/c1-34(31,32)27-19-5-7-23-21(14-19)22(29)15-25(33-23)8-10-28(11-9-25)20-6-4-16-12-18(24(26)30)3-2-17(16)13-20/h2-3,5,7,12,14,20,22,27,29H,4,6,8-11,13,15H2,1H3,(H2,26,30)/t20-,22?/m1/s1. The maximum absolute atomic E-state index is 11.5. The fraction of sp³-hybridized carbons (Fsp3) is 0.480. The number of carbonyl (C=O) groups is 1. The SMILES string of the molecule is CS(=O)(=O)Nc1ccc2c(c1)C(O)CC1(CCN([C@@H]3CCc4cc(C(N)=O)ccc4C3)CC1)O2. The first kappa shape index (κ1) is 23.1. The molecule has 2 aromatic rings. The van der Waals surface area contributed by atoms with Gasteiger partial charge in [-0.1, -0.05) is 6.07 Å². The van der Waals surface area contributed by atoms with E-state index in [0.717, 1.165) is 51.4 Å². The molecule has 34 heavy (non-hydrogen) atoms. The molecule has 1 aliphatic carbocycles. The Balaban J connectivity index is 1.24. The van der Waals surface area contributed by atoms with Crippen molar-refractivity contribution in [1.29, 1.82) is 0 Å². The minimum Gasteiger partial charge on any atom is -0.487 e. The number of hydrogen-bond acceptors (Lipinski definition) is 6. The van der Waals surface area contributed by atoms with Crippen LogP contribution in [0, 0.1) is 0 Å². The maximum atomic E-state index is 11.5. The molecule has 0 saturated carbocycles. The lowest BCUT2D eigenvalue weighted by molar-refractivity contribution is -0.0608. The fourth-order valence-corrected chi connectivity index (χ4v) is 6.28. The Labute approximate surface area is 200 Å². The summed E-state index contributed by atoms with van der Waals surface area (Å²) in [6.45, 7) is 1.80. The highest BCUT2D eigenvalue weighted by Gasteiger charge is 2.44. The molecule has 2 heterocycles. The van der Waals surface area contributed by atoms with Gasteiger partial charge in [0, 0.05) is 42.4 Å². The van der Waals surface area contributed by atoms with Gasteiger partial charge in [-0.25, -0.2) is 8.42 Å². The molecular formula is C25H31N3O5S. The molecule has 1 amide bonds. The molecule has 1 unspecified atom stereocenters. The molecule has 2 aromatic carbocycles. The molecule has 1 saturated heterocycles. The van der Waals surface area contributed by atoms with Crippen molar-refractivity contribution >= 4 is 21.6 Å². The van der Waals surface area contributed by atoms with Crippen molar-refractivity contribution in [3.05, 3.63) is 58.7 Å². The van der Waals surface area contributed by atoms with Gasteiger partial charge in [0.15, 0.2) is 0 Å². The summed E-state index contributed by atoms with van der Waals surface area (Å²) in [6, 6.07) is 11.3. The van der Waals surface area contributed by atoms with Gasteiger partial charge in [-0.15, -0.1) is 0 Å². The summed E-state index contributed by atoms with van der Waals surface area (Å²) in [7, 11) is -3.39. The van der Waals surface area contributed by atoms with Gasteiger partial charge in [-0.2, -0.15) is 0 Å². The molecule has 0 radical (unpaired) electrons. The van der Waals surface area contributed by atoms with E-state index in [1.165, 1.54) is 11.1 Å². The molecule has 5 rings (SSSR count). The van der Waals surface area contributed by atoms with Crippen molar-refractivity contribution in [3.63, 3.8) is 0 Å². The number of aliphatic hydroxyl groups excluding tert-OH is 1. The second-order valence-corrected chi connectivity index (χ2v) is 11.7. The van der Waals surface area contributed by atoms with Gasteiger partial charge in [0.1, 0.15) is 11.4 Å². The third-order valence-electron chi connectivity index (χ3n) is 7.48. The highest BCUT2D eigenvalue weighted by atomic mass is 32.2. The van der Waals surface area contributed by atoms with Crippen molar-refractivity contribution in [3.8, 4) is 5.75 Å². The molecule has 8 nitrogen and oxygen atoms in total. The number of carbonyl (C=O) groups excluding carboxylic acids is 1. The van der Waals surface area contributed by atoms with E-state index in [2.05, 4.69) is 9.62 Å². The Kier molecular flexibility index (Phi) is 5.82. The van der Waals surface area contributed by atoms with Gasteiger partial charge >= 0.3 is 0 Å². The number of nitrogens with two attached hydrogens (primary N) is 1. The Hall–Kier alpha value is -2.62. The third-order valence-corrected chi connectivity index (χ3v) is 8.09. The van der Waals surface area contributed by atoms with Crippen molar-refractivity contribution < 1.29 is 23.1 Å². The molecule has 3 aliphatic rings. The molecule has 1 fully saturated rings. The number of rotatable bonds is 4. The van der Waals surface area contributed by atoms with E-state index in [-0.39, 0.29) is 5.91 Å². The average molecular weight is 486 g/mol. The maximum Gasteiger partial charge on any atom is 0.248 e. The average Bonchev–Trinajstić information content (AvgIpc) is 2.78. The third kappa shape index (κ3) is 4.64. The minimum atomic E-state index is -3.39. The lowest BCUT2D eigenvalue weighted by atomic mass is 9.80. The lowest BCUT2D eigenvalue weighted by Gasteiger charge is -2.48. The summed E-state index contributed by atoms with van der Waals surface area (Å²) in [6.07, 6.45) is 5.51. The first-order chi connectivity index (χ1) is 16.1. The molecule has 2 atom stereocenters. The number of sulfonamides is 1. The van der Waals surface area contributed by atoms with Crippen molar-refractivity contribution in [2.75, 3.05) is 24.1 Å². The highest BCUT2D eigenvalue weighted by molar-refractivity contribution is 7.92. The Morgan fingerprint density at radius 2 is 1.94 bits per heavy atom. The molecule has 1 spiro atoms. The van der Waals surface area contributed by atoms with Crippen LogP contribution in [0.5, 0.6) is 5.75 Å². The summed E-state index contributed by atoms with van der Waals surface area (Å²) in [5.41, 5.74) is 9.16. The Bertz CT molecular complexity index is 1220. The number of piperidine rings is 1. The zero-order chi connectivity index (χ0) is 24.1. The van der Waals surface area contributed by atoms with E-state index in [4.69, 9.17) is 10.5 Å². The van der Waals surface area contributed by atoms with Gasteiger partial charge in [0.25, 0.3) is 0 Å². The van der Waals surface area contributed by atoms with Crippen LogP contribution in [0.2, 0.25) is 0 Å². The number of amides is 1. The molecular weight excluding hydrogens is 454 g/mol. The van der Waals surface area contributed by atoms with Crippen LogP contribution in [0.1, 0.15) is 58.8 Å². The van der Waals surface area contributed by atoms with E-state index < -0.39 is 21.7 Å². The number of ether oxygens (including phenoxy) is 1. The predicted molar refractivity (Wildman–Crippen MR) is 129 cm³/mol. The molecule has 0 bridgehead atoms. The molecule has 9 heteroatoms. The zero-order valence-electron chi connectivity index (χ0n) is 19.3. The summed E-state index contributed by atoms with van der Waals surface area (Å²) >= 11 is 0. The second-order valence-electron chi connectivity index (χ2n) is 9.91. The van der Waals surface area contributed by atoms with Crippen molar-refractivity contribution in [2.24, 2.45) is 5.73 Å². The van der Waals surface area contributed by atoms with Gasteiger partial charge in [0.2, 0.25) is 15.9 Å². The minimum absolute atomic E-state index is 0.384. The summed E-state index contributed by atoms with van der Waals surface area (Å²) in [4.78, 5) is 14.0. The van der Waals surface area contributed by atoms with Crippen LogP contribution >= 0.6 is 0 Å². The number of aryl methyl sites for hydroxylation is 1. The molecule has 0 aromatic heterocycles. The Morgan fingerprint density at radius 1 is 1.18 bits per heavy atom. The highest BCUT2D eigenvalue weighted by Crippen LogP contribution is 2.45. The number of aliphatic hydroxyl groups is 1. The van der Waals surface area contributed by atoms with E-state index in [1.807, 2.05) is 18.2 Å². The van der Waals surface area contributed by atoms with E-state index in [0.29, 0.717) is 35.0 Å². The van der Waals surface area contributed by atoms with Crippen LogP contribution in [0.15, 0.2) is 36.4 Å². The monoisotopic (exact) mass is 485 g/mol. The quantitative estimate of drug-likeness (QED) is 0.611. The normalized spacial score (nSPS) is 24.1. The summed E-state index contributed by atoms with van der Waals surface area (Å²) < 4.78 is 32.0. The number of primary amides is 1. The first-order valence-corrected chi connectivity index (χ1v) is 13.6. The van der Waals surface area contributed by atoms with Crippen LogP contribution in [0.25, 0.3) is 0 Å². The number of nitrogens with zero attached hydrogens (tertiary/aromatic N) is 1. The van der Waals surface area contributed by atoms with E-state index in [9.17, 15) is 18.3 Å². The van der Waals surface area contributed by atoms with Crippen molar-refractivity contribution in [1.82, 2.24) is 4.90 Å². The van der Waals surface area contributed by atoms with Crippen molar-refractivity contribution in [2.45, 2.75) is 56.3 Å². The topological polar surface area (TPSA) is 122 Å². The van der Waals surface area contributed by atoms with E-state index >= 15 is 0 Å². The number of likely N-dealkylation sites (tertiary alicyclic amines) is 1. The van der Waals surface area contributed by atoms with Crippen LogP contribution < -0.4 is 15.2 Å². The van der Waals surface area contributed by atoms with Crippen LogP contribution in [0.3, 0.4) is 0 Å². The predicted octanol–water partition coefficient (Wildman–Crippen LogP) is 2.37. The number of hydrogen-bond donors (Lipinski definition) is 3. The van der Waals surface area contributed by atoms with Crippen LogP contribution in [-0.2, 0) is 22.9 Å². The zero-order valence-corrected chi connectivity index (χ0v) is 20.1. The van der Waals surface area contributed by atoms with Gasteiger partial charge in [-0.3, -0.25) is 14.4 Å². The fourth-order valence-electron chi connectivity index (χ4n) is 5.72. The molecule has 2 aliphatic heterocycles. The number of benzene rings is 2. The number of nitrogens with one attached hydrogen (secondary N) is 1. The number of fused-ring (bicyclic) bond motifs is 2. The lowest BCUT2D eigenvalue weighted by Crippen LogP contribution is -2.53. The second kappa shape index (κ2) is 8.55. The van der Waals surface area contributed by atoms with Crippen LogP contribution in [-0.4, -0.2) is 55.3 Å². The smallest absolute Gasteiger partial charge is 0.248 e. The van der Waals surface area contributed by atoms with Gasteiger partial charge in [-0.05, 0) is 73.6 Å². The van der Waals surface area contributed by atoms with Crippen LogP contribution in [0.4, 0.5) is 5.69 Å². The summed E-state index contributed by atoms with van der Waals surface area (Å²) in [5, 5.41) is 10.9.